The summed E-state index contributed by atoms with van der Waals surface area (Å²) in [6, 6.07) is 7.47. The molecule has 3 rings (SSSR count). The van der Waals surface area contributed by atoms with Gasteiger partial charge < -0.3 is 9.88 Å². The lowest BCUT2D eigenvalue weighted by Crippen LogP contribution is -2.32. The Hall–Kier alpha value is -2.76. The molecule has 2 heterocycles. The maximum Gasteiger partial charge on any atom is 0.242 e. The SMILES string of the molecule is CC(C(=O)NCCc1cnccn1)n1cnc2ccccc21. The van der Waals surface area contributed by atoms with Gasteiger partial charge in [-0.15, -0.1) is 0 Å². The number of carbonyl (C=O) groups is 1. The van der Waals surface area contributed by atoms with Gasteiger partial charge in [0.15, 0.2) is 0 Å². The van der Waals surface area contributed by atoms with E-state index in [-0.39, 0.29) is 11.9 Å². The molecule has 0 radical (unpaired) electrons. The van der Waals surface area contributed by atoms with Crippen LogP contribution >= 0.6 is 0 Å². The molecular weight excluding hydrogens is 278 g/mol. The second-order valence-electron chi connectivity index (χ2n) is 5.05. The number of hydrogen-bond donors (Lipinski definition) is 1. The van der Waals surface area contributed by atoms with Crippen LogP contribution in [0, 0.1) is 0 Å². The van der Waals surface area contributed by atoms with Crippen molar-refractivity contribution in [2.24, 2.45) is 0 Å². The van der Waals surface area contributed by atoms with E-state index in [1.165, 1.54) is 0 Å². The van der Waals surface area contributed by atoms with Crippen LogP contribution in [-0.2, 0) is 11.2 Å². The first-order chi connectivity index (χ1) is 10.8. The highest BCUT2D eigenvalue weighted by Gasteiger charge is 2.16. The zero-order valence-electron chi connectivity index (χ0n) is 12.3. The number of hydrogen-bond acceptors (Lipinski definition) is 4. The largest absolute Gasteiger partial charge is 0.354 e. The maximum atomic E-state index is 12.3. The molecule has 3 aromatic rings. The summed E-state index contributed by atoms with van der Waals surface area (Å²) in [7, 11) is 0. The molecule has 112 valence electrons. The second-order valence-corrected chi connectivity index (χ2v) is 5.05. The number of carbonyl (C=O) groups excluding carboxylic acids is 1. The first-order valence-corrected chi connectivity index (χ1v) is 7.20. The van der Waals surface area contributed by atoms with Crippen LogP contribution in [-0.4, -0.2) is 32.0 Å². The third-order valence-corrected chi connectivity index (χ3v) is 3.57. The topological polar surface area (TPSA) is 72.7 Å². The summed E-state index contributed by atoms with van der Waals surface area (Å²) in [5.41, 5.74) is 2.71. The fourth-order valence-corrected chi connectivity index (χ4v) is 2.33. The predicted octanol–water partition coefficient (Wildman–Crippen LogP) is 1.75. The highest BCUT2D eigenvalue weighted by molar-refractivity contribution is 5.83. The summed E-state index contributed by atoms with van der Waals surface area (Å²) in [6.07, 6.45) is 7.36. The van der Waals surface area contributed by atoms with Gasteiger partial charge in [-0.1, -0.05) is 12.1 Å². The first kappa shape index (κ1) is 14.2. The second kappa shape index (κ2) is 6.34. The molecular formula is C16H17N5O. The summed E-state index contributed by atoms with van der Waals surface area (Å²) in [6.45, 7) is 2.40. The Morgan fingerprint density at radius 1 is 1.27 bits per heavy atom. The van der Waals surface area contributed by atoms with E-state index in [2.05, 4.69) is 20.3 Å². The average molecular weight is 295 g/mol. The third-order valence-electron chi connectivity index (χ3n) is 3.57. The van der Waals surface area contributed by atoms with Gasteiger partial charge in [0.25, 0.3) is 0 Å². The minimum atomic E-state index is -0.311. The van der Waals surface area contributed by atoms with Crippen LogP contribution in [0.4, 0.5) is 0 Å². The summed E-state index contributed by atoms with van der Waals surface area (Å²) in [5.74, 6) is -0.0351. The fraction of sp³-hybridized carbons (Fsp3) is 0.250. The molecule has 6 nitrogen and oxygen atoms in total. The number of fused-ring (bicyclic) bond motifs is 1. The standard InChI is InChI=1S/C16H17N5O/c1-12(21-11-20-14-4-2-3-5-15(14)21)16(22)19-7-6-13-10-17-8-9-18-13/h2-5,8-12H,6-7H2,1H3,(H,19,22). The molecule has 6 heteroatoms. The lowest BCUT2D eigenvalue weighted by molar-refractivity contribution is -0.123. The van der Waals surface area contributed by atoms with Crippen LogP contribution in [0.1, 0.15) is 18.7 Å². The van der Waals surface area contributed by atoms with Crippen molar-refractivity contribution in [3.63, 3.8) is 0 Å². The Labute approximate surface area is 128 Å². The molecule has 0 spiro atoms. The van der Waals surface area contributed by atoms with E-state index in [4.69, 9.17) is 0 Å². The normalized spacial score (nSPS) is 12.2. The van der Waals surface area contributed by atoms with E-state index in [1.807, 2.05) is 35.8 Å². The van der Waals surface area contributed by atoms with E-state index in [0.29, 0.717) is 13.0 Å². The molecule has 2 aromatic heterocycles. The Balaban J connectivity index is 1.62. The number of rotatable bonds is 5. The lowest BCUT2D eigenvalue weighted by atomic mass is 10.2. The predicted molar refractivity (Wildman–Crippen MR) is 83.2 cm³/mol. The molecule has 1 N–H and O–H groups in total. The molecule has 0 fully saturated rings. The minimum Gasteiger partial charge on any atom is -0.354 e. The van der Waals surface area contributed by atoms with Crippen molar-refractivity contribution in [1.82, 2.24) is 24.8 Å². The number of nitrogens with one attached hydrogen (secondary N) is 1. The number of para-hydroxylation sites is 2. The number of imidazole rings is 1. The molecule has 22 heavy (non-hydrogen) atoms. The van der Waals surface area contributed by atoms with Crippen molar-refractivity contribution in [3.05, 3.63) is 54.9 Å². The minimum absolute atomic E-state index is 0.0351. The smallest absolute Gasteiger partial charge is 0.242 e. The van der Waals surface area contributed by atoms with E-state index >= 15 is 0 Å². The van der Waals surface area contributed by atoms with Crippen molar-refractivity contribution in [2.75, 3.05) is 6.54 Å². The van der Waals surface area contributed by atoms with Gasteiger partial charge in [-0.2, -0.15) is 0 Å². The zero-order chi connectivity index (χ0) is 15.4. The van der Waals surface area contributed by atoms with Gasteiger partial charge in [0.1, 0.15) is 6.04 Å². The molecule has 0 aliphatic heterocycles. The Morgan fingerprint density at radius 2 is 2.14 bits per heavy atom. The molecule has 0 aliphatic carbocycles. The Morgan fingerprint density at radius 3 is 2.95 bits per heavy atom. The van der Waals surface area contributed by atoms with Gasteiger partial charge in [0.05, 0.1) is 23.1 Å². The quantitative estimate of drug-likeness (QED) is 0.778. The van der Waals surface area contributed by atoms with Gasteiger partial charge in [0.2, 0.25) is 5.91 Å². The maximum absolute atomic E-state index is 12.3. The van der Waals surface area contributed by atoms with Gasteiger partial charge in [-0.25, -0.2) is 4.98 Å². The molecule has 1 amide bonds. The molecule has 1 atom stereocenters. The molecule has 0 saturated carbocycles. The van der Waals surface area contributed by atoms with E-state index in [0.717, 1.165) is 16.7 Å². The molecule has 0 saturated heterocycles. The summed E-state index contributed by atoms with van der Waals surface area (Å²) < 4.78 is 1.88. The number of benzene rings is 1. The molecule has 0 bridgehead atoms. The Kier molecular flexibility index (Phi) is 4.09. The number of nitrogens with zero attached hydrogens (tertiary/aromatic N) is 4. The molecule has 0 aliphatic rings. The van der Waals surface area contributed by atoms with Crippen LogP contribution < -0.4 is 5.32 Å². The Bertz CT molecular complexity index is 768. The third kappa shape index (κ3) is 2.95. The van der Waals surface area contributed by atoms with E-state index in [9.17, 15) is 4.79 Å². The summed E-state index contributed by atoms with van der Waals surface area (Å²) in [5, 5.41) is 2.93. The van der Waals surface area contributed by atoms with Crippen molar-refractivity contribution < 1.29 is 4.79 Å². The lowest BCUT2D eigenvalue weighted by Gasteiger charge is -2.14. The van der Waals surface area contributed by atoms with Crippen molar-refractivity contribution in [1.29, 1.82) is 0 Å². The van der Waals surface area contributed by atoms with Gasteiger partial charge in [-0.3, -0.25) is 14.8 Å². The van der Waals surface area contributed by atoms with Crippen LogP contribution in [0.15, 0.2) is 49.2 Å². The van der Waals surface area contributed by atoms with Crippen molar-refractivity contribution in [3.8, 4) is 0 Å². The summed E-state index contributed by atoms with van der Waals surface area (Å²) >= 11 is 0. The van der Waals surface area contributed by atoms with Crippen LogP contribution in [0.2, 0.25) is 0 Å². The van der Waals surface area contributed by atoms with E-state index in [1.54, 1.807) is 24.9 Å². The van der Waals surface area contributed by atoms with Crippen LogP contribution in [0.3, 0.4) is 0 Å². The van der Waals surface area contributed by atoms with Gasteiger partial charge >= 0.3 is 0 Å². The van der Waals surface area contributed by atoms with E-state index < -0.39 is 0 Å². The average Bonchev–Trinajstić information content (AvgIpc) is 2.99. The molecule has 1 aromatic carbocycles. The van der Waals surface area contributed by atoms with Crippen molar-refractivity contribution >= 4 is 16.9 Å². The molecule has 1 unspecified atom stereocenters. The fourth-order valence-electron chi connectivity index (χ4n) is 2.33. The summed E-state index contributed by atoms with van der Waals surface area (Å²) in [4.78, 5) is 24.8. The number of amides is 1. The van der Waals surface area contributed by atoms with Crippen molar-refractivity contribution in [2.45, 2.75) is 19.4 Å². The first-order valence-electron chi connectivity index (χ1n) is 7.20. The number of aromatic nitrogens is 4. The monoisotopic (exact) mass is 295 g/mol. The van der Waals surface area contributed by atoms with Gasteiger partial charge in [-0.05, 0) is 19.1 Å². The van der Waals surface area contributed by atoms with Crippen LogP contribution in [0.25, 0.3) is 11.0 Å². The highest BCUT2D eigenvalue weighted by Crippen LogP contribution is 2.17. The van der Waals surface area contributed by atoms with Gasteiger partial charge in [0, 0.05) is 31.6 Å². The van der Waals surface area contributed by atoms with Crippen LogP contribution in [0.5, 0.6) is 0 Å². The zero-order valence-corrected chi connectivity index (χ0v) is 12.3. The highest BCUT2D eigenvalue weighted by atomic mass is 16.2.